The second-order valence-electron chi connectivity index (χ2n) is 9.74. The normalized spacial score (nSPS) is 12.2. The Morgan fingerprint density at radius 2 is 1.55 bits per heavy atom. The molecule has 0 aliphatic rings. The first-order valence-corrected chi connectivity index (χ1v) is 15.8. The van der Waals surface area contributed by atoms with Crippen molar-refractivity contribution in [3.8, 4) is 0 Å². The van der Waals surface area contributed by atoms with Gasteiger partial charge in [-0.2, -0.15) is 0 Å². The van der Waals surface area contributed by atoms with Gasteiger partial charge in [0.15, 0.2) is 0 Å². The zero-order valence-electron chi connectivity index (χ0n) is 23.1. The van der Waals surface area contributed by atoms with Crippen LogP contribution in [0.1, 0.15) is 43.7 Å². The molecule has 0 fully saturated rings. The van der Waals surface area contributed by atoms with Crippen molar-refractivity contribution in [1.29, 1.82) is 0 Å². The number of halogens is 1. The molecule has 0 aromatic heterocycles. The molecule has 0 aliphatic heterocycles. The summed E-state index contributed by atoms with van der Waals surface area (Å²) in [6.07, 6.45) is 2.61. The van der Waals surface area contributed by atoms with Gasteiger partial charge < -0.3 is 10.2 Å². The van der Waals surface area contributed by atoms with Gasteiger partial charge in [-0.25, -0.2) is 12.7 Å². The van der Waals surface area contributed by atoms with Crippen LogP contribution in [-0.2, 0) is 32.6 Å². The minimum atomic E-state index is -3.65. The zero-order chi connectivity index (χ0) is 29.0. The predicted octanol–water partition coefficient (Wildman–Crippen LogP) is 5.41. The van der Waals surface area contributed by atoms with E-state index in [1.165, 1.54) is 11.4 Å². The molecule has 2 amide bonds. The number of sulfonamides is 1. The molecule has 3 aromatic carbocycles. The van der Waals surface area contributed by atoms with Gasteiger partial charge in [-0.05, 0) is 48.2 Å². The number of carbonyl (C=O) groups is 2. The summed E-state index contributed by atoms with van der Waals surface area (Å²) in [4.78, 5) is 29.1. The van der Waals surface area contributed by atoms with E-state index in [9.17, 15) is 18.0 Å². The summed E-state index contributed by atoms with van der Waals surface area (Å²) in [5, 5.41) is 3.02. The molecule has 7 nitrogen and oxygen atoms in total. The summed E-state index contributed by atoms with van der Waals surface area (Å²) in [5.41, 5.74) is 1.85. The number of rotatable bonds is 15. The van der Waals surface area contributed by atoms with Crippen LogP contribution in [0.15, 0.2) is 94.3 Å². The van der Waals surface area contributed by atoms with E-state index in [4.69, 9.17) is 0 Å². The van der Waals surface area contributed by atoms with Gasteiger partial charge in [0.1, 0.15) is 6.04 Å². The number of hydrogen-bond acceptors (Lipinski definition) is 4. The number of benzene rings is 3. The molecule has 0 aliphatic carbocycles. The Morgan fingerprint density at radius 3 is 2.20 bits per heavy atom. The summed E-state index contributed by atoms with van der Waals surface area (Å²) in [6, 6.07) is 24.9. The maximum atomic E-state index is 13.8. The largest absolute Gasteiger partial charge is 0.354 e. The van der Waals surface area contributed by atoms with Crippen molar-refractivity contribution in [3.05, 3.63) is 101 Å². The van der Waals surface area contributed by atoms with E-state index < -0.39 is 16.1 Å². The molecule has 40 heavy (non-hydrogen) atoms. The molecule has 0 spiro atoms. The molecule has 0 saturated heterocycles. The van der Waals surface area contributed by atoms with Gasteiger partial charge in [0.05, 0.1) is 4.90 Å². The minimum Gasteiger partial charge on any atom is -0.354 e. The average Bonchev–Trinajstić information content (AvgIpc) is 2.95. The predicted molar refractivity (Wildman–Crippen MR) is 162 cm³/mol. The van der Waals surface area contributed by atoms with Gasteiger partial charge in [-0.3, -0.25) is 9.59 Å². The third-order valence-corrected chi connectivity index (χ3v) is 9.02. The van der Waals surface area contributed by atoms with Crippen molar-refractivity contribution in [2.24, 2.45) is 0 Å². The fourth-order valence-corrected chi connectivity index (χ4v) is 6.06. The quantitative estimate of drug-likeness (QED) is 0.228. The Kier molecular flexibility index (Phi) is 12.4. The molecule has 0 heterocycles. The SMILES string of the molecule is CCCCNC(=O)[C@@H](Cc1ccccc1)N(Cc1cccc(Br)c1)C(=O)CCCN(C)S(=O)(=O)c1ccccc1. The monoisotopic (exact) mass is 627 g/mol. The molecule has 9 heteroatoms. The Morgan fingerprint density at radius 1 is 0.900 bits per heavy atom. The zero-order valence-corrected chi connectivity index (χ0v) is 25.5. The molecular formula is C31H38BrN3O4S. The van der Waals surface area contributed by atoms with Crippen LogP contribution < -0.4 is 5.32 Å². The lowest BCUT2D eigenvalue weighted by molar-refractivity contribution is -0.141. The summed E-state index contributed by atoms with van der Waals surface area (Å²) in [6.45, 7) is 3.04. The maximum absolute atomic E-state index is 13.8. The highest BCUT2D eigenvalue weighted by Gasteiger charge is 2.30. The highest BCUT2D eigenvalue weighted by atomic mass is 79.9. The highest BCUT2D eigenvalue weighted by molar-refractivity contribution is 9.10. The van der Waals surface area contributed by atoms with E-state index >= 15 is 0 Å². The van der Waals surface area contributed by atoms with E-state index in [2.05, 4.69) is 28.2 Å². The lowest BCUT2D eigenvalue weighted by atomic mass is 10.0. The number of hydrogen-bond donors (Lipinski definition) is 1. The van der Waals surface area contributed by atoms with Crippen LogP contribution in [-0.4, -0.2) is 55.6 Å². The van der Waals surface area contributed by atoms with Crippen LogP contribution in [0, 0.1) is 0 Å². The van der Waals surface area contributed by atoms with Gasteiger partial charge in [0, 0.05) is 44.0 Å². The number of nitrogens with one attached hydrogen (secondary N) is 1. The Hall–Kier alpha value is -3.01. The Balaban J connectivity index is 1.81. The summed E-state index contributed by atoms with van der Waals surface area (Å²) >= 11 is 3.50. The number of carbonyl (C=O) groups excluding carboxylic acids is 2. The lowest BCUT2D eigenvalue weighted by Crippen LogP contribution is -2.50. The number of unbranched alkanes of at least 4 members (excludes halogenated alkanes) is 1. The highest BCUT2D eigenvalue weighted by Crippen LogP contribution is 2.20. The van der Waals surface area contributed by atoms with Crippen molar-refractivity contribution in [1.82, 2.24) is 14.5 Å². The van der Waals surface area contributed by atoms with E-state index in [-0.39, 0.29) is 36.2 Å². The van der Waals surface area contributed by atoms with Crippen LogP contribution in [0.2, 0.25) is 0 Å². The van der Waals surface area contributed by atoms with Crippen molar-refractivity contribution >= 4 is 37.8 Å². The minimum absolute atomic E-state index is 0.107. The van der Waals surface area contributed by atoms with Gasteiger partial charge in [-0.1, -0.05) is 89.9 Å². The molecule has 3 aromatic rings. The summed E-state index contributed by atoms with van der Waals surface area (Å²) in [5.74, 6) is -0.388. The summed E-state index contributed by atoms with van der Waals surface area (Å²) < 4.78 is 28.0. The first-order chi connectivity index (χ1) is 19.2. The molecule has 1 atom stereocenters. The molecule has 3 rings (SSSR count). The van der Waals surface area contributed by atoms with Crippen molar-refractivity contribution in [2.75, 3.05) is 20.1 Å². The topological polar surface area (TPSA) is 86.8 Å². The average molecular weight is 629 g/mol. The Labute approximate surface area is 246 Å². The van der Waals surface area contributed by atoms with Crippen molar-refractivity contribution in [3.63, 3.8) is 0 Å². The molecule has 0 saturated carbocycles. The second kappa shape index (κ2) is 15.7. The van der Waals surface area contributed by atoms with E-state index in [0.717, 1.165) is 28.4 Å². The molecule has 0 bridgehead atoms. The first kappa shape index (κ1) is 31.5. The smallest absolute Gasteiger partial charge is 0.243 e. The van der Waals surface area contributed by atoms with Crippen LogP contribution in [0.4, 0.5) is 0 Å². The van der Waals surface area contributed by atoms with Crippen LogP contribution in [0.25, 0.3) is 0 Å². The third kappa shape index (κ3) is 9.28. The summed E-state index contributed by atoms with van der Waals surface area (Å²) in [7, 11) is -2.14. The van der Waals surface area contributed by atoms with Gasteiger partial charge in [0.2, 0.25) is 21.8 Å². The van der Waals surface area contributed by atoms with Crippen LogP contribution in [0.3, 0.4) is 0 Å². The second-order valence-corrected chi connectivity index (χ2v) is 12.7. The molecular weight excluding hydrogens is 590 g/mol. The maximum Gasteiger partial charge on any atom is 0.243 e. The standard InChI is InChI=1S/C31H38BrN3O4S/c1-3-4-20-33-31(37)29(23-25-13-7-5-8-14-25)35(24-26-15-11-16-27(32)22-26)30(36)19-12-21-34(2)40(38,39)28-17-9-6-10-18-28/h5-11,13-18,22,29H,3-4,12,19-21,23-24H2,1-2H3,(H,33,37)/t29-/m1/s1. The molecule has 0 radical (unpaired) electrons. The van der Waals surface area contributed by atoms with Crippen LogP contribution in [0.5, 0.6) is 0 Å². The Bertz CT molecular complexity index is 1340. The van der Waals surface area contributed by atoms with E-state index in [0.29, 0.717) is 19.4 Å². The number of nitrogens with zero attached hydrogens (tertiary/aromatic N) is 2. The molecule has 214 valence electrons. The van der Waals surface area contributed by atoms with Gasteiger partial charge in [-0.15, -0.1) is 0 Å². The van der Waals surface area contributed by atoms with Gasteiger partial charge >= 0.3 is 0 Å². The van der Waals surface area contributed by atoms with Crippen LogP contribution >= 0.6 is 15.9 Å². The number of amides is 2. The first-order valence-electron chi connectivity index (χ1n) is 13.6. The van der Waals surface area contributed by atoms with Gasteiger partial charge in [0.25, 0.3) is 0 Å². The van der Waals surface area contributed by atoms with E-state index in [1.54, 1.807) is 35.2 Å². The lowest BCUT2D eigenvalue weighted by Gasteiger charge is -2.32. The van der Waals surface area contributed by atoms with Crippen molar-refractivity contribution < 1.29 is 18.0 Å². The van der Waals surface area contributed by atoms with E-state index in [1.807, 2.05) is 54.6 Å². The molecule has 1 N–H and O–H groups in total. The molecule has 0 unspecified atom stereocenters. The fourth-order valence-electron chi connectivity index (χ4n) is 4.38. The fraction of sp³-hybridized carbons (Fsp3) is 0.355. The van der Waals surface area contributed by atoms with Crippen molar-refractivity contribution in [2.45, 2.75) is 56.5 Å². The third-order valence-electron chi connectivity index (χ3n) is 6.66.